The minimum Gasteiger partial charge on any atom is -0.319 e. The monoisotopic (exact) mass is 448 g/mol. The van der Waals surface area contributed by atoms with Crippen LogP contribution in [0, 0.1) is 0 Å². The number of imide groups is 1. The molecule has 0 aromatic rings. The number of rotatable bonds is 3. The van der Waals surface area contributed by atoms with Gasteiger partial charge in [0.1, 0.15) is 4.32 Å². The molecule has 1 atom stereocenters. The second-order valence-electron chi connectivity index (χ2n) is 7.27. The van der Waals surface area contributed by atoms with Crippen molar-refractivity contribution in [1.29, 1.82) is 0 Å². The Labute approximate surface area is 155 Å². The number of hydrogen-bond donors (Lipinski definition) is 0. The molecule has 0 aromatic carbocycles. The Morgan fingerprint density at radius 1 is 0.913 bits per heavy atom. The molecule has 3 rings (SSSR count). The smallest absolute Gasteiger partial charge is 0.319 e. The maximum absolute atomic E-state index is 13.1. The fourth-order valence-electron chi connectivity index (χ4n) is 4.29. The zero-order valence-electron chi connectivity index (χ0n) is 13.6. The molecule has 4 nitrogen and oxygen atoms in total. The molecule has 3 aliphatic rings. The first-order valence-electron chi connectivity index (χ1n) is 8.96. The van der Waals surface area contributed by atoms with E-state index in [-0.39, 0.29) is 18.0 Å². The van der Waals surface area contributed by atoms with E-state index in [0.717, 1.165) is 38.5 Å². The molecule has 1 saturated heterocycles. The van der Waals surface area contributed by atoms with Crippen LogP contribution >= 0.6 is 31.9 Å². The number of carbonyl (C=O) groups excluding carboxylic acids is 2. The number of alkyl halides is 2. The van der Waals surface area contributed by atoms with Crippen molar-refractivity contribution in [2.75, 3.05) is 11.9 Å². The summed E-state index contributed by atoms with van der Waals surface area (Å²) < 4.78 is -0.671. The number of hydrogen-bond acceptors (Lipinski definition) is 2. The molecule has 0 N–H and O–H groups in total. The predicted molar refractivity (Wildman–Crippen MR) is 98.1 cm³/mol. The Morgan fingerprint density at radius 2 is 1.43 bits per heavy atom. The summed E-state index contributed by atoms with van der Waals surface area (Å²) in [7, 11) is 0. The summed E-state index contributed by atoms with van der Waals surface area (Å²) in [6, 6.07) is 0.349. The standard InChI is InChI=1S/C17H26Br2N2O2/c18-11-17(19)12-20(13-7-3-1-4-8-13)16(23)21(15(17)22)14-9-5-2-6-10-14/h13-14H,1-12H2. The van der Waals surface area contributed by atoms with Crippen molar-refractivity contribution in [2.24, 2.45) is 0 Å². The van der Waals surface area contributed by atoms with Gasteiger partial charge in [-0.15, -0.1) is 0 Å². The van der Waals surface area contributed by atoms with Gasteiger partial charge in [-0.3, -0.25) is 9.69 Å². The second kappa shape index (κ2) is 7.42. The Balaban J connectivity index is 1.86. The van der Waals surface area contributed by atoms with Crippen LogP contribution in [0.3, 0.4) is 0 Å². The first kappa shape index (κ1) is 17.7. The zero-order valence-corrected chi connectivity index (χ0v) is 16.8. The average molecular weight is 450 g/mol. The number of halogens is 2. The van der Waals surface area contributed by atoms with Crippen LogP contribution in [-0.2, 0) is 4.79 Å². The van der Waals surface area contributed by atoms with Crippen molar-refractivity contribution in [3.63, 3.8) is 0 Å². The summed E-state index contributed by atoms with van der Waals surface area (Å²) >= 11 is 7.17. The maximum atomic E-state index is 13.1. The molecular formula is C17H26Br2N2O2. The second-order valence-corrected chi connectivity index (χ2v) is 9.35. The molecule has 6 heteroatoms. The molecule has 0 radical (unpaired) electrons. The third kappa shape index (κ3) is 3.48. The molecule has 0 bridgehead atoms. The number of amides is 3. The normalized spacial score (nSPS) is 31.7. The minimum absolute atomic E-state index is 0.0372. The number of nitrogens with zero attached hydrogens (tertiary/aromatic N) is 2. The SMILES string of the molecule is O=C1N(C2CCCCC2)CC(Br)(CBr)C(=O)N1C1CCCCC1. The van der Waals surface area contributed by atoms with Gasteiger partial charge >= 0.3 is 6.03 Å². The average Bonchev–Trinajstić information content (AvgIpc) is 2.60. The van der Waals surface area contributed by atoms with Gasteiger partial charge in [-0.25, -0.2) is 4.79 Å². The van der Waals surface area contributed by atoms with E-state index >= 15 is 0 Å². The Morgan fingerprint density at radius 3 is 1.96 bits per heavy atom. The van der Waals surface area contributed by atoms with Crippen molar-refractivity contribution in [1.82, 2.24) is 9.80 Å². The van der Waals surface area contributed by atoms with E-state index in [1.807, 2.05) is 4.90 Å². The summed E-state index contributed by atoms with van der Waals surface area (Å²) in [6.45, 7) is 0.490. The molecule has 2 aliphatic carbocycles. The first-order chi connectivity index (χ1) is 11.1. The largest absolute Gasteiger partial charge is 0.327 e. The molecule has 0 spiro atoms. The highest BCUT2D eigenvalue weighted by Gasteiger charge is 2.51. The minimum atomic E-state index is -0.671. The Hall–Kier alpha value is -0.100. The molecular weight excluding hydrogens is 424 g/mol. The summed E-state index contributed by atoms with van der Waals surface area (Å²) in [5.74, 6) is -0.0432. The van der Waals surface area contributed by atoms with E-state index in [1.54, 1.807) is 4.90 Å². The third-order valence-electron chi connectivity index (χ3n) is 5.64. The summed E-state index contributed by atoms with van der Waals surface area (Å²) in [5.41, 5.74) is 0. The molecule has 0 aromatic heterocycles. The first-order valence-corrected chi connectivity index (χ1v) is 10.9. The van der Waals surface area contributed by atoms with E-state index in [0.29, 0.717) is 17.9 Å². The molecule has 3 fully saturated rings. The van der Waals surface area contributed by atoms with Gasteiger partial charge in [0.05, 0.1) is 0 Å². The zero-order chi connectivity index (χ0) is 16.4. The Bertz CT molecular complexity index is 462. The van der Waals surface area contributed by atoms with Gasteiger partial charge in [-0.05, 0) is 25.7 Å². The molecule has 130 valence electrons. The van der Waals surface area contributed by atoms with Gasteiger partial charge in [0.25, 0.3) is 0 Å². The van der Waals surface area contributed by atoms with Crippen LogP contribution in [0.25, 0.3) is 0 Å². The van der Waals surface area contributed by atoms with Gasteiger partial charge in [-0.2, -0.15) is 0 Å². The fourth-order valence-corrected chi connectivity index (χ4v) is 5.16. The number of urea groups is 1. The van der Waals surface area contributed by atoms with Gasteiger partial charge in [0.2, 0.25) is 5.91 Å². The number of carbonyl (C=O) groups is 2. The molecule has 2 saturated carbocycles. The maximum Gasteiger partial charge on any atom is 0.327 e. The highest BCUT2D eigenvalue weighted by Crippen LogP contribution is 2.37. The molecule has 23 heavy (non-hydrogen) atoms. The van der Waals surface area contributed by atoms with Crippen molar-refractivity contribution in [3.8, 4) is 0 Å². The van der Waals surface area contributed by atoms with E-state index in [9.17, 15) is 9.59 Å². The van der Waals surface area contributed by atoms with E-state index in [1.165, 1.54) is 25.7 Å². The topological polar surface area (TPSA) is 40.6 Å². The van der Waals surface area contributed by atoms with Gasteiger partial charge < -0.3 is 4.90 Å². The lowest BCUT2D eigenvalue weighted by Gasteiger charge is -2.49. The van der Waals surface area contributed by atoms with E-state index < -0.39 is 4.32 Å². The van der Waals surface area contributed by atoms with Crippen LogP contribution in [0.1, 0.15) is 64.2 Å². The van der Waals surface area contributed by atoms with Gasteiger partial charge in [0.15, 0.2) is 0 Å². The van der Waals surface area contributed by atoms with Crippen LogP contribution in [-0.4, -0.2) is 50.0 Å². The van der Waals surface area contributed by atoms with E-state index in [4.69, 9.17) is 0 Å². The van der Waals surface area contributed by atoms with Crippen molar-refractivity contribution < 1.29 is 9.59 Å². The van der Waals surface area contributed by atoms with Crippen molar-refractivity contribution in [3.05, 3.63) is 0 Å². The van der Waals surface area contributed by atoms with Crippen LogP contribution in [0.15, 0.2) is 0 Å². The lowest BCUT2D eigenvalue weighted by molar-refractivity contribution is -0.136. The third-order valence-corrected chi connectivity index (χ3v) is 8.22. The van der Waals surface area contributed by atoms with Crippen molar-refractivity contribution >= 4 is 43.8 Å². The van der Waals surface area contributed by atoms with Gasteiger partial charge in [-0.1, -0.05) is 70.4 Å². The molecule has 1 aliphatic heterocycles. The summed E-state index contributed by atoms with van der Waals surface area (Å²) in [4.78, 5) is 29.7. The summed E-state index contributed by atoms with van der Waals surface area (Å²) in [5, 5.41) is 0.540. The lowest BCUT2D eigenvalue weighted by atomic mass is 9.90. The van der Waals surface area contributed by atoms with Crippen LogP contribution in [0.4, 0.5) is 4.79 Å². The lowest BCUT2D eigenvalue weighted by Crippen LogP contribution is -2.68. The van der Waals surface area contributed by atoms with Crippen LogP contribution in [0.5, 0.6) is 0 Å². The Kier molecular flexibility index (Phi) is 5.72. The molecule has 1 unspecified atom stereocenters. The highest BCUT2D eigenvalue weighted by molar-refractivity contribution is 9.12. The molecule has 1 heterocycles. The van der Waals surface area contributed by atoms with E-state index in [2.05, 4.69) is 31.9 Å². The van der Waals surface area contributed by atoms with Gasteiger partial charge in [0, 0.05) is 24.0 Å². The quantitative estimate of drug-likeness (QED) is 0.597. The van der Waals surface area contributed by atoms with Crippen LogP contribution < -0.4 is 0 Å². The fraction of sp³-hybridized carbons (Fsp3) is 0.882. The summed E-state index contributed by atoms with van der Waals surface area (Å²) in [6.07, 6.45) is 11.2. The van der Waals surface area contributed by atoms with Crippen molar-refractivity contribution in [2.45, 2.75) is 80.6 Å². The highest BCUT2D eigenvalue weighted by atomic mass is 79.9. The molecule has 3 amide bonds. The predicted octanol–water partition coefficient (Wildman–Crippen LogP) is 4.44. The van der Waals surface area contributed by atoms with Crippen LogP contribution in [0.2, 0.25) is 0 Å².